The van der Waals surface area contributed by atoms with Crippen LogP contribution in [0.1, 0.15) is 5.56 Å². The van der Waals surface area contributed by atoms with E-state index in [2.05, 4.69) is 4.98 Å². The molecule has 0 bridgehead atoms. The predicted molar refractivity (Wildman–Crippen MR) is 95.5 cm³/mol. The number of nitriles is 1. The van der Waals surface area contributed by atoms with Crippen molar-refractivity contribution < 1.29 is 0 Å². The lowest BCUT2D eigenvalue weighted by molar-refractivity contribution is 0.665. The first-order chi connectivity index (χ1) is 11.8. The number of thioether (sulfide) groups is 1. The van der Waals surface area contributed by atoms with Crippen LogP contribution in [0, 0.1) is 11.3 Å². The molecule has 2 aromatic carbocycles. The van der Waals surface area contributed by atoms with Gasteiger partial charge in [0, 0.05) is 17.4 Å². The summed E-state index contributed by atoms with van der Waals surface area (Å²) in [6.45, 7) is -0.00196. The average Bonchev–Trinajstić information content (AvgIpc) is 2.63. The van der Waals surface area contributed by atoms with E-state index in [4.69, 9.17) is 5.26 Å². The first-order valence-corrected chi connectivity index (χ1v) is 8.47. The third-order valence-electron chi connectivity index (χ3n) is 3.48. The summed E-state index contributed by atoms with van der Waals surface area (Å²) in [5, 5.41) is 9.56. The molecule has 118 valence electrons. The van der Waals surface area contributed by atoms with Gasteiger partial charge in [0.1, 0.15) is 6.54 Å². The van der Waals surface area contributed by atoms with Gasteiger partial charge in [0.2, 0.25) is 0 Å². The van der Waals surface area contributed by atoms with Crippen LogP contribution in [0.4, 0.5) is 0 Å². The van der Waals surface area contributed by atoms with Crippen LogP contribution in [0.2, 0.25) is 0 Å². The van der Waals surface area contributed by atoms with Gasteiger partial charge in [-0.25, -0.2) is 4.98 Å². The second kappa shape index (κ2) is 7.62. The summed E-state index contributed by atoms with van der Waals surface area (Å²) in [5.74, 6) is 0.691. The third-order valence-corrected chi connectivity index (χ3v) is 4.53. The van der Waals surface area contributed by atoms with Crippen LogP contribution in [-0.2, 0) is 12.3 Å². The van der Waals surface area contributed by atoms with Crippen molar-refractivity contribution in [1.29, 1.82) is 5.26 Å². The van der Waals surface area contributed by atoms with Gasteiger partial charge in [0.05, 0.1) is 11.8 Å². The molecule has 0 aliphatic rings. The van der Waals surface area contributed by atoms with Crippen LogP contribution in [0.3, 0.4) is 0 Å². The van der Waals surface area contributed by atoms with E-state index < -0.39 is 0 Å². The fraction of sp³-hybridized carbons (Fsp3) is 0.105. The molecule has 0 atom stereocenters. The molecule has 0 N–H and O–H groups in total. The van der Waals surface area contributed by atoms with Crippen LogP contribution >= 0.6 is 11.8 Å². The van der Waals surface area contributed by atoms with Gasteiger partial charge in [-0.1, -0.05) is 72.4 Å². The predicted octanol–water partition coefficient (Wildman–Crippen LogP) is 3.73. The van der Waals surface area contributed by atoms with E-state index in [0.29, 0.717) is 16.6 Å². The average molecular weight is 333 g/mol. The van der Waals surface area contributed by atoms with E-state index in [1.165, 1.54) is 22.4 Å². The zero-order valence-electron chi connectivity index (χ0n) is 12.9. The van der Waals surface area contributed by atoms with E-state index >= 15 is 0 Å². The van der Waals surface area contributed by atoms with Gasteiger partial charge in [-0.3, -0.25) is 9.36 Å². The molecule has 0 aliphatic heterocycles. The molecule has 24 heavy (non-hydrogen) atoms. The molecule has 5 heteroatoms. The van der Waals surface area contributed by atoms with Crippen molar-refractivity contribution in [3.05, 3.63) is 82.6 Å². The minimum absolute atomic E-state index is 0.00196. The van der Waals surface area contributed by atoms with Crippen LogP contribution in [0.15, 0.2) is 76.7 Å². The van der Waals surface area contributed by atoms with Crippen LogP contribution in [-0.4, -0.2) is 9.55 Å². The third kappa shape index (κ3) is 3.73. The largest absolute Gasteiger partial charge is 0.274 e. The Morgan fingerprint density at radius 3 is 2.38 bits per heavy atom. The summed E-state index contributed by atoms with van der Waals surface area (Å²) in [7, 11) is 0. The van der Waals surface area contributed by atoms with Crippen molar-refractivity contribution in [3.8, 4) is 17.3 Å². The smallest absolute Gasteiger partial charge is 0.255 e. The summed E-state index contributed by atoms with van der Waals surface area (Å²) in [6.07, 6.45) is 0. The van der Waals surface area contributed by atoms with Crippen molar-refractivity contribution in [1.82, 2.24) is 9.55 Å². The molecule has 0 saturated carbocycles. The Labute approximate surface area is 144 Å². The highest BCUT2D eigenvalue weighted by Gasteiger charge is 2.11. The minimum Gasteiger partial charge on any atom is -0.274 e. The maximum atomic E-state index is 12.4. The maximum absolute atomic E-state index is 12.4. The molecule has 0 aliphatic carbocycles. The van der Waals surface area contributed by atoms with Gasteiger partial charge in [-0.15, -0.1) is 0 Å². The fourth-order valence-electron chi connectivity index (χ4n) is 2.29. The van der Waals surface area contributed by atoms with Crippen LogP contribution in [0.5, 0.6) is 0 Å². The van der Waals surface area contributed by atoms with Crippen LogP contribution < -0.4 is 5.56 Å². The number of rotatable bonds is 5. The SMILES string of the molecule is N#CCn1c(SCc2ccccc2)nc(-c2ccccc2)cc1=O. The highest BCUT2D eigenvalue weighted by atomic mass is 32.2. The second-order valence-corrected chi connectivity index (χ2v) is 6.09. The molecule has 0 spiro atoms. The molecule has 3 rings (SSSR count). The molecular weight excluding hydrogens is 318 g/mol. The summed E-state index contributed by atoms with van der Waals surface area (Å²) in [6, 6.07) is 23.1. The Kier molecular flexibility index (Phi) is 5.09. The molecule has 0 saturated heterocycles. The number of aromatic nitrogens is 2. The topological polar surface area (TPSA) is 58.7 Å². The Balaban J connectivity index is 1.97. The molecule has 3 aromatic rings. The van der Waals surface area contributed by atoms with Crippen molar-refractivity contribution in [2.75, 3.05) is 0 Å². The van der Waals surface area contributed by atoms with E-state index in [1.807, 2.05) is 66.7 Å². The van der Waals surface area contributed by atoms with Crippen LogP contribution in [0.25, 0.3) is 11.3 Å². The Bertz CT molecular complexity index is 915. The van der Waals surface area contributed by atoms with E-state index in [0.717, 1.165) is 11.1 Å². The molecule has 0 fully saturated rings. The number of hydrogen-bond acceptors (Lipinski definition) is 4. The van der Waals surface area contributed by atoms with Crippen molar-refractivity contribution >= 4 is 11.8 Å². The first kappa shape index (κ1) is 16.0. The summed E-state index contributed by atoms with van der Waals surface area (Å²) in [5.41, 5.74) is 2.46. The second-order valence-electron chi connectivity index (χ2n) is 5.15. The normalized spacial score (nSPS) is 10.3. The number of hydrogen-bond donors (Lipinski definition) is 0. The highest BCUT2D eigenvalue weighted by molar-refractivity contribution is 7.98. The Morgan fingerprint density at radius 1 is 1.04 bits per heavy atom. The van der Waals surface area contributed by atoms with E-state index in [1.54, 1.807) is 0 Å². The standard InChI is InChI=1S/C19H15N3OS/c20-11-12-22-18(23)13-17(16-9-5-2-6-10-16)21-19(22)24-14-15-7-3-1-4-8-15/h1-10,13H,12,14H2. The number of benzene rings is 2. The summed E-state index contributed by atoms with van der Waals surface area (Å²) < 4.78 is 1.42. The Hall–Kier alpha value is -2.84. The van der Waals surface area contributed by atoms with Gasteiger partial charge >= 0.3 is 0 Å². The summed E-state index contributed by atoms with van der Waals surface area (Å²) in [4.78, 5) is 17.0. The lowest BCUT2D eigenvalue weighted by atomic mass is 10.1. The van der Waals surface area contributed by atoms with E-state index in [9.17, 15) is 4.79 Å². The molecule has 0 radical (unpaired) electrons. The van der Waals surface area contributed by atoms with Gasteiger partial charge in [0.15, 0.2) is 5.16 Å². The quantitative estimate of drug-likeness (QED) is 0.527. The Morgan fingerprint density at radius 2 is 1.71 bits per heavy atom. The zero-order valence-corrected chi connectivity index (χ0v) is 13.7. The van der Waals surface area contributed by atoms with Crippen molar-refractivity contribution in [3.63, 3.8) is 0 Å². The van der Waals surface area contributed by atoms with Gasteiger partial charge < -0.3 is 0 Å². The van der Waals surface area contributed by atoms with Crippen molar-refractivity contribution in [2.45, 2.75) is 17.5 Å². The fourth-order valence-corrected chi connectivity index (χ4v) is 3.25. The van der Waals surface area contributed by atoms with Gasteiger partial charge in [0.25, 0.3) is 5.56 Å². The van der Waals surface area contributed by atoms with Gasteiger partial charge in [-0.05, 0) is 5.56 Å². The van der Waals surface area contributed by atoms with E-state index in [-0.39, 0.29) is 12.1 Å². The highest BCUT2D eigenvalue weighted by Crippen LogP contribution is 2.23. The molecule has 0 unspecified atom stereocenters. The lowest BCUT2D eigenvalue weighted by Crippen LogP contribution is -2.22. The summed E-state index contributed by atoms with van der Waals surface area (Å²) >= 11 is 1.46. The van der Waals surface area contributed by atoms with Crippen molar-refractivity contribution in [2.24, 2.45) is 0 Å². The molecule has 1 heterocycles. The molecule has 0 amide bonds. The monoisotopic (exact) mass is 333 g/mol. The minimum atomic E-state index is -0.207. The maximum Gasteiger partial charge on any atom is 0.255 e. The first-order valence-electron chi connectivity index (χ1n) is 7.49. The lowest BCUT2D eigenvalue weighted by Gasteiger charge is -2.10. The molecule has 4 nitrogen and oxygen atoms in total. The molecular formula is C19H15N3OS. The zero-order chi connectivity index (χ0) is 16.8. The number of nitrogens with zero attached hydrogens (tertiary/aromatic N) is 3. The van der Waals surface area contributed by atoms with Gasteiger partial charge in [-0.2, -0.15) is 5.26 Å². The molecule has 1 aromatic heterocycles.